The van der Waals surface area contributed by atoms with E-state index < -0.39 is 47.3 Å². The van der Waals surface area contributed by atoms with E-state index >= 15 is 0 Å². The van der Waals surface area contributed by atoms with Gasteiger partial charge in [0.2, 0.25) is 0 Å². The van der Waals surface area contributed by atoms with Crippen LogP contribution < -0.4 is 16.0 Å². The molecule has 31 heavy (non-hydrogen) atoms. The zero-order chi connectivity index (χ0) is 22.4. The van der Waals surface area contributed by atoms with Crippen LogP contribution in [0.1, 0.15) is 28.8 Å². The lowest BCUT2D eigenvalue weighted by molar-refractivity contribution is -0.137. The number of benzene rings is 2. The maximum absolute atomic E-state index is 14.9. The molecule has 1 saturated carbocycles. The summed E-state index contributed by atoms with van der Waals surface area (Å²) >= 11 is 0. The van der Waals surface area contributed by atoms with E-state index in [-0.39, 0.29) is 18.4 Å². The summed E-state index contributed by atoms with van der Waals surface area (Å²) in [6.07, 6.45) is -4.35. The first kappa shape index (κ1) is 20.8. The third kappa shape index (κ3) is 3.62. The summed E-state index contributed by atoms with van der Waals surface area (Å²) in [5.74, 6) is -1.51. The van der Waals surface area contributed by atoms with Crippen molar-refractivity contribution < 1.29 is 31.9 Å². The Morgan fingerprint density at radius 1 is 1.03 bits per heavy atom. The van der Waals surface area contributed by atoms with Crippen molar-refractivity contribution in [2.45, 2.75) is 30.2 Å². The Morgan fingerprint density at radius 3 is 2.23 bits per heavy atom. The summed E-state index contributed by atoms with van der Waals surface area (Å²) < 4.78 is 53.3. The summed E-state index contributed by atoms with van der Waals surface area (Å²) in [6, 6.07) is 9.71. The van der Waals surface area contributed by atoms with Crippen LogP contribution in [0, 0.1) is 0 Å². The second kappa shape index (κ2) is 7.07. The minimum atomic E-state index is -4.48. The second-order valence-electron chi connectivity index (χ2n) is 7.58. The van der Waals surface area contributed by atoms with Gasteiger partial charge >= 0.3 is 12.2 Å². The van der Waals surface area contributed by atoms with E-state index in [1.807, 2.05) is 5.32 Å². The maximum Gasteiger partial charge on any atom is 0.416 e. The fraction of sp³-hybridized carbons (Fsp3) is 0.286. The molecular formula is C21H17F4N3O3. The Labute approximate surface area is 174 Å². The predicted molar refractivity (Wildman–Crippen MR) is 102 cm³/mol. The van der Waals surface area contributed by atoms with Crippen LogP contribution in [-0.2, 0) is 11.0 Å². The number of alkyl halides is 4. The molecule has 3 N–H and O–H groups in total. The fourth-order valence-electron chi connectivity index (χ4n) is 3.71. The standard InChI is InChI=1S/C21H17F4N3O3/c22-19(9-10-19)20(17(30)27-18(31)28-20)11-26-16(29)15-4-2-1-3-14(15)12-5-7-13(8-6-12)21(23,24)25/h1-8H,9-11H2,(H,26,29)(H2,27,28,30,31). The van der Waals surface area contributed by atoms with Gasteiger partial charge < -0.3 is 10.6 Å². The average Bonchev–Trinajstić information content (AvgIpc) is 3.41. The van der Waals surface area contributed by atoms with Gasteiger partial charge in [0.25, 0.3) is 11.8 Å². The summed E-state index contributed by atoms with van der Waals surface area (Å²) in [7, 11) is 0. The number of urea groups is 1. The lowest BCUT2D eigenvalue weighted by atomic mass is 9.90. The van der Waals surface area contributed by atoms with Crippen LogP contribution >= 0.6 is 0 Å². The molecular weight excluding hydrogens is 418 g/mol. The third-order valence-electron chi connectivity index (χ3n) is 5.60. The molecule has 1 saturated heterocycles. The number of imide groups is 1. The number of rotatable bonds is 5. The Hall–Kier alpha value is -3.43. The van der Waals surface area contributed by atoms with E-state index in [1.165, 1.54) is 18.2 Å². The third-order valence-corrected chi connectivity index (χ3v) is 5.60. The van der Waals surface area contributed by atoms with Crippen LogP contribution in [-0.4, -0.2) is 35.6 Å². The first-order valence-electron chi connectivity index (χ1n) is 9.43. The molecule has 1 atom stereocenters. The SMILES string of the molecule is O=C1NC(=O)C(CNC(=O)c2ccccc2-c2ccc(C(F)(F)F)cc2)(C2(F)CC2)N1. The largest absolute Gasteiger partial charge is 0.416 e. The molecule has 2 fully saturated rings. The van der Waals surface area contributed by atoms with Crippen molar-refractivity contribution >= 4 is 17.8 Å². The van der Waals surface area contributed by atoms with Gasteiger partial charge in [-0.1, -0.05) is 30.3 Å². The van der Waals surface area contributed by atoms with Gasteiger partial charge in [0.1, 0.15) is 5.67 Å². The number of hydrogen-bond donors (Lipinski definition) is 3. The van der Waals surface area contributed by atoms with Crippen LogP contribution in [0.3, 0.4) is 0 Å². The lowest BCUT2D eigenvalue weighted by Gasteiger charge is -2.30. The molecule has 2 aliphatic rings. The van der Waals surface area contributed by atoms with Gasteiger partial charge in [0, 0.05) is 5.56 Å². The van der Waals surface area contributed by atoms with E-state index in [2.05, 4.69) is 10.6 Å². The van der Waals surface area contributed by atoms with Gasteiger partial charge in [-0.25, -0.2) is 9.18 Å². The van der Waals surface area contributed by atoms with Gasteiger partial charge in [0.05, 0.1) is 12.1 Å². The van der Waals surface area contributed by atoms with Crippen LogP contribution in [0.5, 0.6) is 0 Å². The molecule has 1 aliphatic carbocycles. The van der Waals surface area contributed by atoms with Crippen molar-refractivity contribution in [1.29, 1.82) is 0 Å². The number of amides is 4. The minimum absolute atomic E-state index is 0.0682. The highest BCUT2D eigenvalue weighted by Crippen LogP contribution is 2.49. The molecule has 10 heteroatoms. The van der Waals surface area contributed by atoms with Crippen molar-refractivity contribution in [2.24, 2.45) is 0 Å². The van der Waals surface area contributed by atoms with E-state index in [9.17, 15) is 31.9 Å². The number of hydrogen-bond acceptors (Lipinski definition) is 3. The second-order valence-corrected chi connectivity index (χ2v) is 7.58. The smallest absolute Gasteiger partial charge is 0.349 e. The Balaban J connectivity index is 1.58. The molecule has 0 radical (unpaired) electrons. The fourth-order valence-corrected chi connectivity index (χ4v) is 3.71. The van der Waals surface area contributed by atoms with Crippen LogP contribution in [0.25, 0.3) is 11.1 Å². The van der Waals surface area contributed by atoms with E-state index in [0.29, 0.717) is 11.1 Å². The first-order chi connectivity index (χ1) is 14.6. The Bertz CT molecular complexity index is 1060. The highest BCUT2D eigenvalue weighted by molar-refractivity contribution is 6.09. The molecule has 1 aliphatic heterocycles. The Kier molecular flexibility index (Phi) is 4.75. The van der Waals surface area contributed by atoms with Gasteiger partial charge in [-0.3, -0.25) is 14.9 Å². The first-order valence-corrected chi connectivity index (χ1v) is 9.43. The quantitative estimate of drug-likeness (QED) is 0.498. The highest BCUT2D eigenvalue weighted by atomic mass is 19.4. The number of carbonyl (C=O) groups is 3. The average molecular weight is 435 g/mol. The zero-order valence-corrected chi connectivity index (χ0v) is 16.0. The van der Waals surface area contributed by atoms with Crippen LogP contribution in [0.4, 0.5) is 22.4 Å². The topological polar surface area (TPSA) is 87.3 Å². The van der Waals surface area contributed by atoms with Crippen molar-refractivity contribution in [1.82, 2.24) is 16.0 Å². The van der Waals surface area contributed by atoms with Crippen molar-refractivity contribution in [3.05, 3.63) is 59.7 Å². The normalized spacial score (nSPS) is 21.9. The number of halogens is 4. The summed E-state index contributed by atoms with van der Waals surface area (Å²) in [5, 5.41) is 6.79. The highest BCUT2D eigenvalue weighted by Gasteiger charge is 2.68. The lowest BCUT2D eigenvalue weighted by Crippen LogP contribution is -2.62. The molecule has 2 aromatic carbocycles. The number of nitrogens with one attached hydrogen (secondary N) is 3. The van der Waals surface area contributed by atoms with Crippen molar-refractivity contribution in [2.75, 3.05) is 6.54 Å². The molecule has 4 rings (SSSR count). The molecule has 1 unspecified atom stereocenters. The molecule has 0 bridgehead atoms. The van der Waals surface area contributed by atoms with Gasteiger partial charge in [-0.05, 0) is 42.2 Å². The van der Waals surface area contributed by atoms with E-state index in [1.54, 1.807) is 18.2 Å². The van der Waals surface area contributed by atoms with E-state index in [0.717, 1.165) is 12.1 Å². The molecule has 2 aromatic rings. The molecule has 0 spiro atoms. The van der Waals surface area contributed by atoms with Crippen LogP contribution in [0.15, 0.2) is 48.5 Å². The summed E-state index contributed by atoms with van der Waals surface area (Å²) in [6.45, 7) is -0.471. The van der Waals surface area contributed by atoms with Gasteiger partial charge in [0.15, 0.2) is 5.54 Å². The van der Waals surface area contributed by atoms with Gasteiger partial charge in [-0.15, -0.1) is 0 Å². The number of carbonyl (C=O) groups excluding carboxylic acids is 3. The molecule has 1 heterocycles. The van der Waals surface area contributed by atoms with Gasteiger partial charge in [-0.2, -0.15) is 13.2 Å². The monoisotopic (exact) mass is 435 g/mol. The van der Waals surface area contributed by atoms with Crippen LogP contribution in [0.2, 0.25) is 0 Å². The maximum atomic E-state index is 14.9. The summed E-state index contributed by atoms with van der Waals surface area (Å²) in [5.41, 5.74) is -3.80. The molecule has 6 nitrogen and oxygen atoms in total. The minimum Gasteiger partial charge on any atom is -0.349 e. The predicted octanol–water partition coefficient (Wildman–Crippen LogP) is 3.18. The zero-order valence-electron chi connectivity index (χ0n) is 16.0. The molecule has 0 aromatic heterocycles. The van der Waals surface area contributed by atoms with Crippen molar-refractivity contribution in [3.63, 3.8) is 0 Å². The molecule has 4 amide bonds. The molecule has 162 valence electrons. The van der Waals surface area contributed by atoms with E-state index in [4.69, 9.17) is 0 Å². The Morgan fingerprint density at radius 2 is 1.68 bits per heavy atom. The van der Waals surface area contributed by atoms with Crippen molar-refractivity contribution in [3.8, 4) is 11.1 Å². The summed E-state index contributed by atoms with van der Waals surface area (Å²) in [4.78, 5) is 36.7.